The first-order valence-electron chi connectivity index (χ1n) is 4.50. The van der Waals surface area contributed by atoms with E-state index in [1.807, 2.05) is 6.92 Å². The summed E-state index contributed by atoms with van der Waals surface area (Å²) in [5.74, 6) is -0.0459. The lowest BCUT2D eigenvalue weighted by Gasteiger charge is -2.18. The molecule has 1 unspecified atom stereocenters. The predicted octanol–water partition coefficient (Wildman–Crippen LogP) is -0.161. The number of hydrogen-bond acceptors (Lipinski definition) is 3. The smallest absolute Gasteiger partial charge is 0.256 e. The summed E-state index contributed by atoms with van der Waals surface area (Å²) in [6, 6.07) is -0.0133. The number of rotatable bonds is 3. The van der Waals surface area contributed by atoms with E-state index in [9.17, 15) is 4.79 Å². The molecule has 5 heteroatoms. The molecule has 5 nitrogen and oxygen atoms in total. The van der Waals surface area contributed by atoms with E-state index in [-0.39, 0.29) is 11.9 Å². The van der Waals surface area contributed by atoms with Crippen molar-refractivity contribution in [3.63, 3.8) is 0 Å². The molecule has 1 amide bonds. The summed E-state index contributed by atoms with van der Waals surface area (Å²) in [6.07, 6.45) is 3.25. The van der Waals surface area contributed by atoms with Crippen LogP contribution in [0.25, 0.3) is 0 Å². The van der Waals surface area contributed by atoms with Crippen LogP contribution in [0.2, 0.25) is 0 Å². The average Bonchev–Trinajstić information content (AvgIpc) is 2.49. The molecule has 0 saturated heterocycles. The maximum Gasteiger partial charge on any atom is 0.256 e. The maximum absolute atomic E-state index is 11.7. The summed E-state index contributed by atoms with van der Waals surface area (Å²) in [6.45, 7) is 2.42. The standard InChI is InChI=1S/C9H16N4O/c1-7(10)5-12(2)9(14)8-4-11-13(3)6-8/h4,6-7H,5,10H2,1-3H3. The summed E-state index contributed by atoms with van der Waals surface area (Å²) in [4.78, 5) is 13.3. The molecule has 0 aliphatic carbocycles. The molecule has 78 valence electrons. The Morgan fingerprint density at radius 1 is 1.79 bits per heavy atom. The summed E-state index contributed by atoms with van der Waals surface area (Å²) < 4.78 is 1.60. The Balaban J connectivity index is 2.65. The third-order valence-corrected chi connectivity index (χ3v) is 1.86. The number of nitrogens with zero attached hydrogens (tertiary/aromatic N) is 3. The van der Waals surface area contributed by atoms with Gasteiger partial charge >= 0.3 is 0 Å². The lowest BCUT2D eigenvalue weighted by Crippen LogP contribution is -2.36. The van der Waals surface area contributed by atoms with Gasteiger partial charge in [0.1, 0.15) is 0 Å². The first-order valence-corrected chi connectivity index (χ1v) is 4.50. The average molecular weight is 196 g/mol. The number of hydrogen-bond donors (Lipinski definition) is 1. The van der Waals surface area contributed by atoms with Crippen molar-refractivity contribution in [1.82, 2.24) is 14.7 Å². The molecule has 1 aromatic rings. The first kappa shape index (κ1) is 10.7. The number of carbonyl (C=O) groups is 1. The minimum Gasteiger partial charge on any atom is -0.340 e. The Labute approximate surface area is 83.5 Å². The molecule has 0 fully saturated rings. The van der Waals surface area contributed by atoms with E-state index in [0.29, 0.717) is 12.1 Å². The molecule has 0 aliphatic rings. The maximum atomic E-state index is 11.7. The van der Waals surface area contributed by atoms with Gasteiger partial charge in [-0.05, 0) is 6.92 Å². The number of aromatic nitrogens is 2. The number of likely N-dealkylation sites (N-methyl/N-ethyl adjacent to an activating group) is 1. The van der Waals surface area contributed by atoms with Gasteiger partial charge in [0.05, 0.1) is 11.8 Å². The van der Waals surface area contributed by atoms with Crippen LogP contribution < -0.4 is 5.73 Å². The third-order valence-electron chi connectivity index (χ3n) is 1.86. The molecule has 1 aromatic heterocycles. The van der Waals surface area contributed by atoms with Crippen molar-refractivity contribution < 1.29 is 4.79 Å². The van der Waals surface area contributed by atoms with Crippen LogP contribution in [0.5, 0.6) is 0 Å². The second-order valence-corrected chi connectivity index (χ2v) is 3.57. The van der Waals surface area contributed by atoms with Crippen LogP contribution in [0.4, 0.5) is 0 Å². The van der Waals surface area contributed by atoms with Crippen LogP contribution in [0.3, 0.4) is 0 Å². The van der Waals surface area contributed by atoms with E-state index >= 15 is 0 Å². The lowest BCUT2D eigenvalue weighted by molar-refractivity contribution is 0.0788. The zero-order chi connectivity index (χ0) is 10.7. The topological polar surface area (TPSA) is 64.2 Å². The Morgan fingerprint density at radius 3 is 2.86 bits per heavy atom. The quantitative estimate of drug-likeness (QED) is 0.730. The Bertz CT molecular complexity index is 318. The van der Waals surface area contributed by atoms with Crippen molar-refractivity contribution in [2.24, 2.45) is 12.8 Å². The minimum atomic E-state index is -0.0459. The monoisotopic (exact) mass is 196 g/mol. The van der Waals surface area contributed by atoms with E-state index in [0.717, 1.165) is 0 Å². The van der Waals surface area contributed by atoms with Crippen molar-refractivity contribution in [2.75, 3.05) is 13.6 Å². The van der Waals surface area contributed by atoms with Gasteiger partial charge in [0.2, 0.25) is 0 Å². The first-order chi connectivity index (χ1) is 6.50. The van der Waals surface area contributed by atoms with Gasteiger partial charge in [0.15, 0.2) is 0 Å². The highest BCUT2D eigenvalue weighted by molar-refractivity contribution is 5.93. The fraction of sp³-hybridized carbons (Fsp3) is 0.556. The Morgan fingerprint density at radius 2 is 2.43 bits per heavy atom. The zero-order valence-electron chi connectivity index (χ0n) is 8.77. The van der Waals surface area contributed by atoms with Gasteiger partial charge in [-0.2, -0.15) is 5.10 Å². The van der Waals surface area contributed by atoms with Gasteiger partial charge in [-0.1, -0.05) is 0 Å². The summed E-state index contributed by atoms with van der Waals surface area (Å²) in [7, 11) is 3.51. The van der Waals surface area contributed by atoms with E-state index < -0.39 is 0 Å². The fourth-order valence-electron chi connectivity index (χ4n) is 1.27. The van der Waals surface area contributed by atoms with Crippen LogP contribution in [-0.2, 0) is 7.05 Å². The summed E-state index contributed by atoms with van der Waals surface area (Å²) >= 11 is 0. The van der Waals surface area contributed by atoms with Gasteiger partial charge in [0.25, 0.3) is 5.91 Å². The number of nitrogens with two attached hydrogens (primary N) is 1. The number of carbonyl (C=O) groups excluding carboxylic acids is 1. The molecule has 0 aromatic carbocycles. The predicted molar refractivity (Wildman–Crippen MR) is 53.8 cm³/mol. The van der Waals surface area contributed by atoms with Gasteiger partial charge in [-0.25, -0.2) is 0 Å². The van der Waals surface area contributed by atoms with Crippen molar-refractivity contribution in [3.05, 3.63) is 18.0 Å². The van der Waals surface area contributed by atoms with Crippen LogP contribution >= 0.6 is 0 Å². The molecular weight excluding hydrogens is 180 g/mol. The van der Waals surface area contributed by atoms with Crippen molar-refractivity contribution in [2.45, 2.75) is 13.0 Å². The highest BCUT2D eigenvalue weighted by Gasteiger charge is 2.13. The number of aryl methyl sites for hydroxylation is 1. The van der Waals surface area contributed by atoms with Crippen molar-refractivity contribution in [1.29, 1.82) is 0 Å². The molecule has 1 atom stereocenters. The SMILES string of the molecule is CC(N)CN(C)C(=O)c1cnn(C)c1. The second kappa shape index (κ2) is 4.23. The second-order valence-electron chi connectivity index (χ2n) is 3.57. The molecule has 1 rings (SSSR count). The van der Waals surface area contributed by atoms with E-state index in [1.54, 1.807) is 36.1 Å². The van der Waals surface area contributed by atoms with Gasteiger partial charge < -0.3 is 10.6 Å². The zero-order valence-corrected chi connectivity index (χ0v) is 8.77. The van der Waals surface area contributed by atoms with Crippen molar-refractivity contribution >= 4 is 5.91 Å². The van der Waals surface area contributed by atoms with Crippen LogP contribution in [0.1, 0.15) is 17.3 Å². The molecule has 0 bridgehead atoms. The Kier molecular flexibility index (Phi) is 3.24. The molecule has 0 spiro atoms. The Hall–Kier alpha value is -1.36. The molecule has 0 radical (unpaired) electrons. The molecule has 14 heavy (non-hydrogen) atoms. The molecule has 0 saturated carbocycles. The third kappa shape index (κ3) is 2.56. The lowest BCUT2D eigenvalue weighted by atomic mass is 10.3. The van der Waals surface area contributed by atoms with Crippen LogP contribution in [0.15, 0.2) is 12.4 Å². The summed E-state index contributed by atoms with van der Waals surface area (Å²) in [5, 5.41) is 3.94. The fourth-order valence-corrected chi connectivity index (χ4v) is 1.27. The molecular formula is C9H16N4O. The normalized spacial score (nSPS) is 12.6. The highest BCUT2D eigenvalue weighted by Crippen LogP contribution is 2.01. The van der Waals surface area contributed by atoms with E-state index in [1.165, 1.54) is 0 Å². The molecule has 1 heterocycles. The molecule has 0 aliphatic heterocycles. The minimum absolute atomic E-state index is 0.0133. The van der Waals surface area contributed by atoms with Gasteiger partial charge in [0, 0.05) is 32.9 Å². The molecule has 2 N–H and O–H groups in total. The van der Waals surface area contributed by atoms with Gasteiger partial charge in [-0.15, -0.1) is 0 Å². The highest BCUT2D eigenvalue weighted by atomic mass is 16.2. The van der Waals surface area contributed by atoms with E-state index in [4.69, 9.17) is 5.73 Å². The summed E-state index contributed by atoms with van der Waals surface area (Å²) in [5.41, 5.74) is 6.19. The largest absolute Gasteiger partial charge is 0.340 e. The van der Waals surface area contributed by atoms with Crippen molar-refractivity contribution in [3.8, 4) is 0 Å². The van der Waals surface area contributed by atoms with Crippen LogP contribution in [0, 0.1) is 0 Å². The van der Waals surface area contributed by atoms with Crippen LogP contribution in [-0.4, -0.2) is 40.2 Å². The van der Waals surface area contributed by atoms with Gasteiger partial charge in [-0.3, -0.25) is 9.48 Å². The number of amides is 1. The van der Waals surface area contributed by atoms with E-state index in [2.05, 4.69) is 5.10 Å².